The molecule has 2 saturated heterocycles. The van der Waals surface area contributed by atoms with E-state index in [9.17, 15) is 9.59 Å². The molecule has 0 saturated carbocycles. The second-order valence-corrected chi connectivity index (χ2v) is 12.8. The summed E-state index contributed by atoms with van der Waals surface area (Å²) < 4.78 is 10.4. The number of halogens is 1. The van der Waals surface area contributed by atoms with E-state index in [4.69, 9.17) is 9.47 Å². The normalized spacial score (nSPS) is 28.1. The molecule has 0 radical (unpaired) electrons. The van der Waals surface area contributed by atoms with E-state index in [1.54, 1.807) is 0 Å². The summed E-state index contributed by atoms with van der Waals surface area (Å²) in [6.45, 7) is 2.51. The molecular formula is C31H27BrN2O5S. The number of likely N-dealkylation sites (tertiary alicyclic amines) is 1. The molecule has 4 aliphatic rings. The van der Waals surface area contributed by atoms with E-state index in [0.717, 1.165) is 31.4 Å². The first-order chi connectivity index (χ1) is 19.4. The van der Waals surface area contributed by atoms with Crippen LogP contribution in [0.15, 0.2) is 70.2 Å². The Morgan fingerprint density at radius 1 is 1.02 bits per heavy atom. The lowest BCUT2D eigenvalue weighted by atomic mass is 9.69. The van der Waals surface area contributed by atoms with E-state index in [1.165, 1.54) is 18.9 Å². The fourth-order valence-electron chi connectivity index (χ4n) is 7.21. The Bertz CT molecular complexity index is 1630. The number of Topliss-reactive ketones (excluding diaryl/α,β-unsaturated/α-hetero) is 2. The van der Waals surface area contributed by atoms with Gasteiger partial charge in [0.15, 0.2) is 11.6 Å². The Hall–Kier alpha value is -2.98. The fraction of sp³-hybridized carbons (Fsp3) is 0.323. The van der Waals surface area contributed by atoms with Crippen LogP contribution in [-0.2, 0) is 24.6 Å². The first-order valence-corrected chi connectivity index (χ1v) is 14.9. The zero-order valence-corrected chi connectivity index (χ0v) is 24.5. The molecule has 1 aliphatic carbocycles. The van der Waals surface area contributed by atoms with E-state index in [2.05, 4.69) is 20.8 Å². The highest BCUT2D eigenvalue weighted by Crippen LogP contribution is 2.67. The van der Waals surface area contributed by atoms with Crippen LogP contribution < -0.4 is 0 Å². The van der Waals surface area contributed by atoms with Gasteiger partial charge in [0.25, 0.3) is 0 Å². The first-order valence-electron chi connectivity index (χ1n) is 13.3. The van der Waals surface area contributed by atoms with E-state index < -0.39 is 22.2 Å². The van der Waals surface area contributed by atoms with Crippen molar-refractivity contribution in [3.8, 4) is 0 Å². The van der Waals surface area contributed by atoms with Gasteiger partial charge in [0.1, 0.15) is 10.3 Å². The van der Waals surface area contributed by atoms with Crippen LogP contribution in [0.4, 0.5) is 0 Å². The van der Waals surface area contributed by atoms with Crippen LogP contribution in [0.3, 0.4) is 0 Å². The topological polar surface area (TPSA) is 76.2 Å². The first kappa shape index (κ1) is 26.0. The Morgan fingerprint density at radius 3 is 2.42 bits per heavy atom. The lowest BCUT2D eigenvalue weighted by molar-refractivity contribution is -0.147. The number of thioether (sulfide) groups is 1. The number of likely N-dealkylation sites (N-methyl/N-ethyl adjacent to an activating group) is 1. The van der Waals surface area contributed by atoms with Gasteiger partial charge < -0.3 is 14.4 Å². The molecule has 3 aliphatic heterocycles. The average Bonchev–Trinajstić information content (AvgIpc) is 3.54. The molecule has 0 amide bonds. The molecule has 204 valence electrons. The minimum atomic E-state index is -1.46. The van der Waals surface area contributed by atoms with Gasteiger partial charge in [-0.15, -0.1) is 0 Å². The molecule has 3 atom stereocenters. The fourth-order valence-corrected chi connectivity index (χ4v) is 9.42. The SMILES string of the molecule is COC(=O)[C@@H]1CN(C)[C@@]2(C(=O)c3cccc4cccc2c34)[C@]12SC(N1CCOCC1)=C(c1ccc(Br)cc1)C2=O. The van der Waals surface area contributed by atoms with Crippen molar-refractivity contribution in [3.63, 3.8) is 0 Å². The van der Waals surface area contributed by atoms with E-state index in [-0.39, 0.29) is 18.1 Å². The van der Waals surface area contributed by atoms with Crippen molar-refractivity contribution in [3.05, 3.63) is 86.9 Å². The van der Waals surface area contributed by atoms with Crippen molar-refractivity contribution in [1.82, 2.24) is 9.80 Å². The average molecular weight is 620 g/mol. The smallest absolute Gasteiger partial charge is 0.311 e. The quantitative estimate of drug-likeness (QED) is 0.398. The van der Waals surface area contributed by atoms with Gasteiger partial charge in [-0.3, -0.25) is 19.3 Å². The largest absolute Gasteiger partial charge is 0.469 e. The number of allylic oxidation sites excluding steroid dienone is 1. The monoisotopic (exact) mass is 618 g/mol. The summed E-state index contributed by atoms with van der Waals surface area (Å²) in [5.41, 5.74) is 1.28. The number of carbonyl (C=O) groups excluding carboxylic acids is 3. The summed E-state index contributed by atoms with van der Waals surface area (Å²) in [5, 5.41) is 2.58. The highest BCUT2D eigenvalue weighted by molar-refractivity contribution is 9.10. The molecule has 0 unspecified atom stereocenters. The summed E-state index contributed by atoms with van der Waals surface area (Å²) in [7, 11) is 3.20. The number of rotatable bonds is 3. The van der Waals surface area contributed by atoms with Crippen LogP contribution in [0.25, 0.3) is 16.3 Å². The molecule has 0 aromatic heterocycles. The van der Waals surface area contributed by atoms with Crippen molar-refractivity contribution in [2.45, 2.75) is 10.3 Å². The van der Waals surface area contributed by atoms with E-state index >= 15 is 4.79 Å². The van der Waals surface area contributed by atoms with Crippen LogP contribution in [0.2, 0.25) is 0 Å². The van der Waals surface area contributed by atoms with Crippen LogP contribution in [0.1, 0.15) is 21.5 Å². The maximum absolute atomic E-state index is 15.3. The van der Waals surface area contributed by atoms with Gasteiger partial charge in [0.05, 0.1) is 36.8 Å². The van der Waals surface area contributed by atoms with Gasteiger partial charge in [0, 0.05) is 29.7 Å². The molecule has 0 bridgehead atoms. The van der Waals surface area contributed by atoms with Gasteiger partial charge in [-0.05, 0) is 41.1 Å². The number of fused-ring (bicyclic) bond motifs is 2. The molecule has 0 N–H and O–H groups in total. The molecule has 2 spiro atoms. The van der Waals surface area contributed by atoms with E-state index in [1.807, 2.05) is 72.6 Å². The number of nitrogens with zero attached hydrogens (tertiary/aromatic N) is 2. The van der Waals surface area contributed by atoms with Crippen LogP contribution in [-0.4, -0.2) is 79.1 Å². The van der Waals surface area contributed by atoms with E-state index in [0.29, 0.717) is 37.4 Å². The van der Waals surface area contributed by atoms with Crippen LogP contribution >= 0.6 is 27.7 Å². The number of carbonyl (C=O) groups is 3. The molecule has 7 rings (SSSR count). The summed E-state index contributed by atoms with van der Waals surface area (Å²) in [6.07, 6.45) is 0. The maximum atomic E-state index is 15.3. The van der Waals surface area contributed by atoms with Gasteiger partial charge in [-0.1, -0.05) is 76.2 Å². The number of morpholine rings is 1. The summed E-state index contributed by atoms with van der Waals surface area (Å²) in [4.78, 5) is 47.8. The number of hydrogen-bond acceptors (Lipinski definition) is 8. The molecular weight excluding hydrogens is 592 g/mol. The number of methoxy groups -OCH3 is 1. The van der Waals surface area contributed by atoms with Crippen molar-refractivity contribution < 1.29 is 23.9 Å². The summed E-state index contributed by atoms with van der Waals surface area (Å²) in [6, 6.07) is 19.2. The standard InChI is InChI=1S/C31H27BrN2O5S/c1-33-17-23(29(37)38-2)31(30(33)22-8-4-6-18-5-3-7-21(24(18)22)26(30)35)27(36)25(19-9-11-20(32)12-10-19)28(40-31)34-13-15-39-16-14-34/h3-12,23H,13-17H2,1-2H3/t23-,30-,31-/m0/s1. The molecule has 2 fully saturated rings. The third-order valence-electron chi connectivity index (χ3n) is 8.88. The van der Waals surface area contributed by atoms with Crippen molar-refractivity contribution in [1.29, 1.82) is 0 Å². The van der Waals surface area contributed by atoms with Crippen molar-refractivity contribution in [2.24, 2.45) is 5.92 Å². The Balaban J connectivity index is 1.53. The zero-order chi connectivity index (χ0) is 27.8. The molecule has 3 heterocycles. The maximum Gasteiger partial charge on any atom is 0.311 e. The van der Waals surface area contributed by atoms with Crippen LogP contribution in [0, 0.1) is 5.92 Å². The Morgan fingerprint density at radius 2 is 1.73 bits per heavy atom. The summed E-state index contributed by atoms with van der Waals surface area (Å²) in [5.74, 6) is -1.71. The molecule has 3 aromatic rings. The summed E-state index contributed by atoms with van der Waals surface area (Å²) >= 11 is 4.89. The highest BCUT2D eigenvalue weighted by atomic mass is 79.9. The minimum absolute atomic E-state index is 0.146. The predicted octanol–water partition coefficient (Wildman–Crippen LogP) is 4.48. The number of benzene rings is 3. The predicted molar refractivity (Wildman–Crippen MR) is 157 cm³/mol. The third kappa shape index (κ3) is 3.17. The number of hydrogen-bond donors (Lipinski definition) is 0. The number of ether oxygens (including phenoxy) is 2. The molecule has 9 heteroatoms. The lowest BCUT2D eigenvalue weighted by Gasteiger charge is -2.44. The number of ketones is 2. The second-order valence-electron chi connectivity index (χ2n) is 10.7. The van der Waals surface area contributed by atoms with Gasteiger partial charge in [-0.25, -0.2) is 0 Å². The molecule has 3 aromatic carbocycles. The van der Waals surface area contributed by atoms with Crippen LogP contribution in [0.5, 0.6) is 0 Å². The zero-order valence-electron chi connectivity index (χ0n) is 22.1. The van der Waals surface area contributed by atoms with Gasteiger partial charge >= 0.3 is 5.97 Å². The second kappa shape index (κ2) is 9.27. The van der Waals surface area contributed by atoms with Crippen molar-refractivity contribution in [2.75, 3.05) is 47.0 Å². The highest BCUT2D eigenvalue weighted by Gasteiger charge is 2.78. The van der Waals surface area contributed by atoms with Crippen molar-refractivity contribution >= 4 is 61.6 Å². The third-order valence-corrected chi connectivity index (χ3v) is 11.1. The number of esters is 1. The van der Waals surface area contributed by atoms with Gasteiger partial charge in [0.2, 0.25) is 0 Å². The lowest BCUT2D eigenvalue weighted by Crippen LogP contribution is -2.61. The molecule has 7 nitrogen and oxygen atoms in total. The Kier molecular flexibility index (Phi) is 6.02. The minimum Gasteiger partial charge on any atom is -0.469 e. The molecule has 40 heavy (non-hydrogen) atoms. The Labute approximate surface area is 244 Å². The van der Waals surface area contributed by atoms with Gasteiger partial charge in [-0.2, -0.15) is 0 Å².